The first-order valence-corrected chi connectivity index (χ1v) is 13.5. The van der Waals surface area contributed by atoms with Gasteiger partial charge in [0.1, 0.15) is 5.82 Å². The number of halogens is 4. The summed E-state index contributed by atoms with van der Waals surface area (Å²) < 4.78 is 81.5. The van der Waals surface area contributed by atoms with Crippen LogP contribution in [0.2, 0.25) is 0 Å². The van der Waals surface area contributed by atoms with Gasteiger partial charge < -0.3 is 10.0 Å². The highest BCUT2D eigenvalue weighted by Gasteiger charge is 2.51. The number of sulfonamides is 1. The smallest absolute Gasteiger partial charge is 0.376 e. The monoisotopic (exact) mass is 554 g/mol. The number of allylic oxidation sites excluding steroid dienone is 4. The quantitative estimate of drug-likeness (QED) is 0.408. The summed E-state index contributed by atoms with van der Waals surface area (Å²) in [7, 11) is -3.86. The Morgan fingerprint density at radius 2 is 1.70 bits per heavy atom. The third kappa shape index (κ3) is 5.64. The molecule has 1 heterocycles. The van der Waals surface area contributed by atoms with Crippen LogP contribution in [0.15, 0.2) is 71.7 Å². The fourth-order valence-electron chi connectivity index (χ4n) is 4.49. The van der Waals surface area contributed by atoms with Crippen LogP contribution in [0, 0.1) is 5.82 Å². The van der Waals surface area contributed by atoms with E-state index in [4.69, 9.17) is 12.2 Å². The summed E-state index contributed by atoms with van der Waals surface area (Å²) in [5, 5.41) is 10.00. The summed E-state index contributed by atoms with van der Waals surface area (Å²) in [6, 6.07) is 10.9. The van der Waals surface area contributed by atoms with E-state index in [0.717, 1.165) is 5.56 Å². The molecule has 11 heteroatoms. The second-order valence-electron chi connectivity index (χ2n) is 9.24. The molecular weight excluding hydrogens is 528 g/mol. The summed E-state index contributed by atoms with van der Waals surface area (Å²) >= 11 is 5.29. The molecule has 2 atom stereocenters. The molecule has 1 aliphatic heterocycles. The van der Waals surface area contributed by atoms with Gasteiger partial charge in [0.15, 0.2) is 5.60 Å². The molecular formula is C26H26F4N2O3S2. The first-order chi connectivity index (χ1) is 17.3. The van der Waals surface area contributed by atoms with E-state index in [0.29, 0.717) is 30.3 Å². The largest absolute Gasteiger partial charge is 0.421 e. The molecule has 1 N–H and O–H groups in total. The van der Waals surface area contributed by atoms with Gasteiger partial charge >= 0.3 is 6.18 Å². The zero-order valence-corrected chi connectivity index (χ0v) is 21.6. The van der Waals surface area contributed by atoms with Crippen LogP contribution in [0.1, 0.15) is 24.5 Å². The SMILES string of the molecule is C[C@@](O)(c1ccc(N2CCN(S(=O)(=O)C3=CC=CCC3=S)C[C@@H]2Cc2ccc(F)cc2)cc1)C(F)(F)F. The summed E-state index contributed by atoms with van der Waals surface area (Å²) in [6.07, 6.45) is 0.838. The van der Waals surface area contributed by atoms with Crippen molar-refractivity contribution >= 4 is 32.8 Å². The van der Waals surface area contributed by atoms with E-state index in [2.05, 4.69) is 0 Å². The minimum absolute atomic E-state index is 0.0951. The number of aliphatic hydroxyl groups is 1. The minimum atomic E-state index is -4.84. The van der Waals surface area contributed by atoms with Crippen LogP contribution in [0.3, 0.4) is 0 Å². The molecule has 1 aliphatic carbocycles. The Bertz CT molecular complexity index is 1320. The Morgan fingerprint density at radius 1 is 1.05 bits per heavy atom. The third-order valence-electron chi connectivity index (χ3n) is 6.72. The van der Waals surface area contributed by atoms with Gasteiger partial charge in [0, 0.05) is 42.6 Å². The van der Waals surface area contributed by atoms with Crippen LogP contribution in [-0.2, 0) is 22.0 Å². The molecule has 0 radical (unpaired) electrons. The standard InChI is InChI=1S/C26H26F4N2O3S2/c1-25(33,26(28,29)30)19-8-12-21(13-9-19)32-15-14-31(37(34,35)24-5-3-2-4-23(24)36)17-22(32)16-18-6-10-20(27)11-7-18/h2-3,5-13,22,33H,4,14-17H2,1H3/t22-,25+/m0/s1. The molecule has 4 rings (SSSR count). The zero-order chi connectivity index (χ0) is 27.0. The Morgan fingerprint density at radius 3 is 2.30 bits per heavy atom. The average Bonchev–Trinajstić information content (AvgIpc) is 2.85. The lowest BCUT2D eigenvalue weighted by Crippen LogP contribution is -2.56. The Kier molecular flexibility index (Phi) is 7.62. The van der Waals surface area contributed by atoms with Gasteiger partial charge in [-0.1, -0.05) is 48.6 Å². The zero-order valence-electron chi connectivity index (χ0n) is 20.0. The van der Waals surface area contributed by atoms with Crippen LogP contribution in [0.5, 0.6) is 0 Å². The fourth-order valence-corrected chi connectivity index (χ4v) is 6.56. The van der Waals surface area contributed by atoms with Crippen LogP contribution < -0.4 is 4.90 Å². The molecule has 0 bridgehead atoms. The highest BCUT2D eigenvalue weighted by atomic mass is 32.2. The van der Waals surface area contributed by atoms with Crippen molar-refractivity contribution in [3.05, 3.63) is 88.6 Å². The second kappa shape index (κ2) is 10.3. The average molecular weight is 555 g/mol. The van der Waals surface area contributed by atoms with Crippen LogP contribution >= 0.6 is 12.2 Å². The van der Waals surface area contributed by atoms with Crippen molar-refractivity contribution in [2.24, 2.45) is 0 Å². The van der Waals surface area contributed by atoms with Crippen LogP contribution in [-0.4, -0.2) is 54.5 Å². The van der Waals surface area contributed by atoms with E-state index in [1.54, 1.807) is 24.3 Å². The molecule has 0 spiro atoms. The predicted octanol–water partition coefficient (Wildman–Crippen LogP) is 4.87. The lowest BCUT2D eigenvalue weighted by Gasteiger charge is -2.43. The topological polar surface area (TPSA) is 60.9 Å². The summed E-state index contributed by atoms with van der Waals surface area (Å²) in [6.45, 7) is 1.22. The highest BCUT2D eigenvalue weighted by Crippen LogP contribution is 2.39. The Labute approximate surface area is 218 Å². The predicted molar refractivity (Wildman–Crippen MR) is 138 cm³/mol. The van der Waals surface area contributed by atoms with E-state index in [9.17, 15) is 31.1 Å². The van der Waals surface area contributed by atoms with Crippen molar-refractivity contribution in [3.63, 3.8) is 0 Å². The van der Waals surface area contributed by atoms with Gasteiger partial charge in [-0.3, -0.25) is 0 Å². The number of rotatable bonds is 6. The van der Waals surface area contributed by atoms with E-state index in [1.807, 2.05) is 4.90 Å². The number of piperazine rings is 1. The van der Waals surface area contributed by atoms with E-state index in [1.165, 1.54) is 46.8 Å². The van der Waals surface area contributed by atoms with E-state index >= 15 is 0 Å². The summed E-state index contributed by atoms with van der Waals surface area (Å²) in [4.78, 5) is 2.36. The molecule has 2 aromatic carbocycles. The lowest BCUT2D eigenvalue weighted by molar-refractivity contribution is -0.258. The molecule has 2 aromatic rings. The van der Waals surface area contributed by atoms with Crippen molar-refractivity contribution in [3.8, 4) is 0 Å². The molecule has 2 aliphatic rings. The normalized spacial score (nSPS) is 21.0. The molecule has 0 unspecified atom stereocenters. The number of hydrogen-bond donors (Lipinski definition) is 1. The third-order valence-corrected chi connectivity index (χ3v) is 9.19. The van der Waals surface area contributed by atoms with Crippen LogP contribution in [0.4, 0.5) is 23.2 Å². The number of hydrogen-bond acceptors (Lipinski definition) is 5. The lowest BCUT2D eigenvalue weighted by atomic mass is 9.94. The number of benzene rings is 2. The summed E-state index contributed by atoms with van der Waals surface area (Å²) in [5.74, 6) is -0.397. The number of alkyl halides is 3. The van der Waals surface area contributed by atoms with Crippen molar-refractivity contribution in [1.29, 1.82) is 0 Å². The molecule has 1 saturated heterocycles. The van der Waals surface area contributed by atoms with Crippen molar-refractivity contribution in [2.45, 2.75) is 37.6 Å². The second-order valence-corrected chi connectivity index (χ2v) is 11.6. The van der Waals surface area contributed by atoms with E-state index in [-0.39, 0.29) is 30.1 Å². The molecule has 1 fully saturated rings. The molecule has 5 nitrogen and oxygen atoms in total. The highest BCUT2D eigenvalue weighted by molar-refractivity contribution is 7.96. The van der Waals surface area contributed by atoms with Crippen LogP contribution in [0.25, 0.3) is 0 Å². The number of thiocarbonyl (C=S) groups is 1. The molecule has 0 aromatic heterocycles. The fraction of sp³-hybridized carbons (Fsp3) is 0.346. The van der Waals surface area contributed by atoms with Gasteiger partial charge in [-0.15, -0.1) is 0 Å². The maximum absolute atomic E-state index is 13.5. The van der Waals surface area contributed by atoms with Gasteiger partial charge in [0.25, 0.3) is 0 Å². The van der Waals surface area contributed by atoms with Gasteiger partial charge in [0.2, 0.25) is 10.0 Å². The first kappa shape index (κ1) is 27.4. The Hall–Kier alpha value is -2.60. The number of nitrogens with zero attached hydrogens (tertiary/aromatic N) is 2. The molecule has 198 valence electrons. The molecule has 37 heavy (non-hydrogen) atoms. The Balaban J connectivity index is 1.64. The maximum atomic E-state index is 13.5. The molecule has 0 amide bonds. The summed E-state index contributed by atoms with van der Waals surface area (Å²) in [5.41, 5.74) is -1.94. The van der Waals surface area contributed by atoms with Gasteiger partial charge in [0.05, 0.1) is 4.91 Å². The van der Waals surface area contributed by atoms with Gasteiger partial charge in [-0.05, 0) is 54.8 Å². The minimum Gasteiger partial charge on any atom is -0.376 e. The van der Waals surface area contributed by atoms with E-state index < -0.39 is 33.7 Å². The first-order valence-electron chi connectivity index (χ1n) is 11.6. The van der Waals surface area contributed by atoms with Gasteiger partial charge in [-0.25, -0.2) is 12.8 Å². The van der Waals surface area contributed by atoms with Gasteiger partial charge in [-0.2, -0.15) is 17.5 Å². The van der Waals surface area contributed by atoms with Crippen molar-refractivity contribution in [2.75, 3.05) is 24.5 Å². The number of anilines is 1. The van der Waals surface area contributed by atoms with Crippen molar-refractivity contribution < 1.29 is 31.1 Å². The molecule has 0 saturated carbocycles. The van der Waals surface area contributed by atoms with Crippen molar-refractivity contribution in [1.82, 2.24) is 4.31 Å². The maximum Gasteiger partial charge on any atom is 0.421 e.